The molecule has 0 aliphatic rings. The summed E-state index contributed by atoms with van der Waals surface area (Å²) in [6.07, 6.45) is 1.72. The number of aryl methyl sites for hydroxylation is 1. The van der Waals surface area contributed by atoms with Crippen LogP contribution in [0.15, 0.2) is 22.7 Å². The van der Waals surface area contributed by atoms with Crippen molar-refractivity contribution in [1.29, 1.82) is 0 Å². The molecule has 5 heteroatoms. The van der Waals surface area contributed by atoms with Crippen LogP contribution in [0, 0.1) is 0 Å². The second-order valence-corrected chi connectivity index (χ2v) is 3.65. The number of rotatable bonds is 4. The van der Waals surface area contributed by atoms with Gasteiger partial charge in [0.15, 0.2) is 5.82 Å². The zero-order chi connectivity index (χ0) is 12.3. The van der Waals surface area contributed by atoms with Crippen molar-refractivity contribution in [3.63, 3.8) is 0 Å². The van der Waals surface area contributed by atoms with Crippen molar-refractivity contribution in [2.45, 2.75) is 19.8 Å². The number of hydrogen-bond donors (Lipinski definition) is 1. The number of aromatic hydroxyl groups is 1. The summed E-state index contributed by atoms with van der Waals surface area (Å²) in [5.74, 6) is 1.63. The van der Waals surface area contributed by atoms with Gasteiger partial charge in [0.25, 0.3) is 5.89 Å². The third kappa shape index (κ3) is 2.38. The lowest BCUT2D eigenvalue weighted by Crippen LogP contribution is -1.86. The highest BCUT2D eigenvalue weighted by molar-refractivity contribution is 5.63. The molecule has 0 radical (unpaired) electrons. The number of nitrogens with zero attached hydrogens (tertiary/aromatic N) is 2. The average Bonchev–Trinajstić information content (AvgIpc) is 2.78. The smallest absolute Gasteiger partial charge is 0.261 e. The van der Waals surface area contributed by atoms with Gasteiger partial charge in [0.05, 0.1) is 12.7 Å². The summed E-state index contributed by atoms with van der Waals surface area (Å²) in [4.78, 5) is 4.21. The molecular formula is C12H14N2O3. The summed E-state index contributed by atoms with van der Waals surface area (Å²) in [5.41, 5.74) is 0.514. The van der Waals surface area contributed by atoms with Crippen molar-refractivity contribution >= 4 is 0 Å². The van der Waals surface area contributed by atoms with Crippen LogP contribution in [-0.4, -0.2) is 22.4 Å². The Morgan fingerprint density at radius 2 is 2.24 bits per heavy atom. The zero-order valence-electron chi connectivity index (χ0n) is 9.80. The van der Waals surface area contributed by atoms with Crippen molar-refractivity contribution in [3.05, 3.63) is 24.0 Å². The maximum atomic E-state index is 9.81. The Kier molecular flexibility index (Phi) is 3.27. The van der Waals surface area contributed by atoms with Crippen LogP contribution >= 0.6 is 0 Å². The Morgan fingerprint density at radius 1 is 1.41 bits per heavy atom. The molecule has 0 atom stereocenters. The Morgan fingerprint density at radius 3 is 2.88 bits per heavy atom. The van der Waals surface area contributed by atoms with Crippen LogP contribution in [0.3, 0.4) is 0 Å². The SMILES string of the molecule is CCCc1noc(-c2ccc(OC)cc2O)n1. The summed E-state index contributed by atoms with van der Waals surface area (Å²) in [7, 11) is 1.54. The molecule has 2 aromatic rings. The van der Waals surface area contributed by atoms with E-state index in [1.165, 1.54) is 6.07 Å². The first-order valence-electron chi connectivity index (χ1n) is 5.44. The lowest BCUT2D eigenvalue weighted by molar-refractivity contribution is 0.404. The summed E-state index contributed by atoms with van der Waals surface area (Å²) < 4.78 is 10.1. The van der Waals surface area contributed by atoms with Crippen molar-refractivity contribution in [1.82, 2.24) is 10.1 Å². The molecule has 17 heavy (non-hydrogen) atoms. The van der Waals surface area contributed by atoms with Crippen LogP contribution in [0.2, 0.25) is 0 Å². The van der Waals surface area contributed by atoms with Gasteiger partial charge in [-0.3, -0.25) is 0 Å². The lowest BCUT2D eigenvalue weighted by atomic mass is 10.2. The number of aromatic nitrogens is 2. The molecule has 1 N–H and O–H groups in total. The molecule has 0 amide bonds. The second-order valence-electron chi connectivity index (χ2n) is 3.65. The molecule has 1 heterocycles. The third-order valence-corrected chi connectivity index (χ3v) is 2.38. The van der Waals surface area contributed by atoms with E-state index in [2.05, 4.69) is 10.1 Å². The fourth-order valence-corrected chi connectivity index (χ4v) is 1.51. The van der Waals surface area contributed by atoms with Gasteiger partial charge in [0.1, 0.15) is 11.5 Å². The van der Waals surface area contributed by atoms with E-state index in [1.54, 1.807) is 19.2 Å². The van der Waals surface area contributed by atoms with Gasteiger partial charge in [-0.2, -0.15) is 4.98 Å². The summed E-state index contributed by atoms with van der Waals surface area (Å²) >= 11 is 0. The molecule has 1 aromatic carbocycles. The summed E-state index contributed by atoms with van der Waals surface area (Å²) in [6.45, 7) is 2.04. The van der Waals surface area contributed by atoms with Gasteiger partial charge in [-0.1, -0.05) is 12.1 Å². The van der Waals surface area contributed by atoms with E-state index < -0.39 is 0 Å². The topological polar surface area (TPSA) is 68.4 Å². The van der Waals surface area contributed by atoms with Crippen LogP contribution in [0.1, 0.15) is 19.2 Å². The normalized spacial score (nSPS) is 10.5. The molecule has 5 nitrogen and oxygen atoms in total. The molecule has 0 unspecified atom stereocenters. The van der Waals surface area contributed by atoms with E-state index in [0.29, 0.717) is 23.0 Å². The van der Waals surface area contributed by atoms with Gasteiger partial charge in [0, 0.05) is 12.5 Å². The fourth-order valence-electron chi connectivity index (χ4n) is 1.51. The van der Waals surface area contributed by atoms with Gasteiger partial charge < -0.3 is 14.4 Å². The van der Waals surface area contributed by atoms with Gasteiger partial charge in [-0.15, -0.1) is 0 Å². The molecule has 90 valence electrons. The number of phenolic OH excluding ortho intramolecular Hbond substituents is 1. The van der Waals surface area contributed by atoms with Crippen LogP contribution in [0.5, 0.6) is 11.5 Å². The van der Waals surface area contributed by atoms with E-state index in [4.69, 9.17) is 9.26 Å². The first kappa shape index (κ1) is 11.4. The number of hydrogen-bond acceptors (Lipinski definition) is 5. The van der Waals surface area contributed by atoms with E-state index >= 15 is 0 Å². The van der Waals surface area contributed by atoms with E-state index in [-0.39, 0.29) is 5.75 Å². The molecule has 1 aromatic heterocycles. The Bertz CT molecular complexity index is 508. The number of benzene rings is 1. The van der Waals surface area contributed by atoms with Crippen LogP contribution in [-0.2, 0) is 6.42 Å². The van der Waals surface area contributed by atoms with Crippen molar-refractivity contribution in [3.8, 4) is 23.0 Å². The fraction of sp³-hybridized carbons (Fsp3) is 0.333. The maximum Gasteiger partial charge on any atom is 0.261 e. The molecule has 2 rings (SSSR count). The Hall–Kier alpha value is -2.04. The van der Waals surface area contributed by atoms with Crippen LogP contribution in [0.4, 0.5) is 0 Å². The Balaban J connectivity index is 2.32. The van der Waals surface area contributed by atoms with Crippen LogP contribution < -0.4 is 4.74 Å². The molecular weight excluding hydrogens is 220 g/mol. The van der Waals surface area contributed by atoms with Crippen molar-refractivity contribution in [2.24, 2.45) is 0 Å². The number of methoxy groups -OCH3 is 1. The van der Waals surface area contributed by atoms with Gasteiger partial charge in [0.2, 0.25) is 0 Å². The monoisotopic (exact) mass is 234 g/mol. The van der Waals surface area contributed by atoms with Gasteiger partial charge in [-0.25, -0.2) is 0 Å². The van der Waals surface area contributed by atoms with E-state index in [9.17, 15) is 5.11 Å². The minimum atomic E-state index is 0.0658. The standard InChI is InChI=1S/C12H14N2O3/c1-3-4-11-13-12(17-14-11)9-6-5-8(16-2)7-10(9)15/h5-7,15H,3-4H2,1-2H3. The van der Waals surface area contributed by atoms with Crippen molar-refractivity contribution in [2.75, 3.05) is 7.11 Å². The van der Waals surface area contributed by atoms with Gasteiger partial charge in [-0.05, 0) is 18.6 Å². The number of phenols is 1. The third-order valence-electron chi connectivity index (χ3n) is 2.38. The summed E-state index contributed by atoms with van der Waals surface area (Å²) in [6, 6.07) is 4.94. The molecule has 0 aliphatic carbocycles. The lowest BCUT2D eigenvalue weighted by Gasteiger charge is -2.02. The Labute approximate surface area is 99.0 Å². The van der Waals surface area contributed by atoms with E-state index in [0.717, 1.165) is 12.8 Å². The molecule has 0 bridgehead atoms. The molecule has 0 saturated heterocycles. The second kappa shape index (κ2) is 4.86. The van der Waals surface area contributed by atoms with Crippen LogP contribution in [0.25, 0.3) is 11.5 Å². The molecule has 0 aliphatic heterocycles. The highest BCUT2D eigenvalue weighted by Gasteiger charge is 2.13. The molecule has 0 fully saturated rings. The minimum absolute atomic E-state index is 0.0658. The molecule has 0 spiro atoms. The first-order valence-corrected chi connectivity index (χ1v) is 5.44. The summed E-state index contributed by atoms with van der Waals surface area (Å²) in [5, 5.41) is 13.6. The molecule has 0 saturated carbocycles. The van der Waals surface area contributed by atoms with Gasteiger partial charge >= 0.3 is 0 Å². The predicted molar refractivity (Wildman–Crippen MR) is 61.9 cm³/mol. The number of ether oxygens (including phenoxy) is 1. The largest absolute Gasteiger partial charge is 0.507 e. The quantitative estimate of drug-likeness (QED) is 0.879. The first-order chi connectivity index (χ1) is 8.24. The average molecular weight is 234 g/mol. The van der Waals surface area contributed by atoms with Crippen molar-refractivity contribution < 1.29 is 14.4 Å². The predicted octanol–water partition coefficient (Wildman–Crippen LogP) is 2.40. The highest BCUT2D eigenvalue weighted by atomic mass is 16.5. The zero-order valence-corrected chi connectivity index (χ0v) is 9.80. The minimum Gasteiger partial charge on any atom is -0.507 e. The maximum absolute atomic E-state index is 9.81. The van der Waals surface area contributed by atoms with E-state index in [1.807, 2.05) is 6.92 Å². The highest BCUT2D eigenvalue weighted by Crippen LogP contribution is 2.31.